The zero-order chi connectivity index (χ0) is 8.86. The first-order valence-electron chi connectivity index (χ1n) is 4.73. The lowest BCUT2D eigenvalue weighted by Gasteiger charge is -2.14. The molecule has 72 valence electrons. The molecule has 1 aliphatic rings. The summed E-state index contributed by atoms with van der Waals surface area (Å²) in [6.45, 7) is 3.69. The molecule has 0 radical (unpaired) electrons. The van der Waals surface area contributed by atoms with E-state index in [1.54, 1.807) is 7.11 Å². The Hall–Kier alpha value is -0.120. The SMILES string of the molecule is COCCC1(CNCCN)CC1. The second kappa shape index (κ2) is 4.80. The summed E-state index contributed by atoms with van der Waals surface area (Å²) in [6.07, 6.45) is 3.91. The molecular formula is C9H20N2O. The Morgan fingerprint density at radius 3 is 2.75 bits per heavy atom. The van der Waals surface area contributed by atoms with Crippen LogP contribution in [-0.2, 0) is 4.74 Å². The number of nitrogens with two attached hydrogens (primary N) is 1. The van der Waals surface area contributed by atoms with Gasteiger partial charge in [-0.2, -0.15) is 0 Å². The molecule has 0 aliphatic heterocycles. The van der Waals surface area contributed by atoms with E-state index in [1.807, 2.05) is 0 Å². The van der Waals surface area contributed by atoms with Gasteiger partial charge in [-0.15, -0.1) is 0 Å². The molecule has 0 heterocycles. The van der Waals surface area contributed by atoms with Crippen LogP contribution in [0, 0.1) is 5.41 Å². The molecule has 3 heteroatoms. The third-order valence-corrected chi connectivity index (χ3v) is 2.61. The number of hydrogen-bond donors (Lipinski definition) is 2. The molecule has 0 aromatic rings. The van der Waals surface area contributed by atoms with Crippen LogP contribution in [0.1, 0.15) is 19.3 Å². The highest BCUT2D eigenvalue weighted by atomic mass is 16.5. The van der Waals surface area contributed by atoms with Crippen LogP contribution in [0.5, 0.6) is 0 Å². The third kappa shape index (κ3) is 3.09. The van der Waals surface area contributed by atoms with Crippen molar-refractivity contribution in [3.05, 3.63) is 0 Å². The molecule has 0 atom stereocenters. The van der Waals surface area contributed by atoms with Crippen LogP contribution in [0.4, 0.5) is 0 Å². The van der Waals surface area contributed by atoms with Gasteiger partial charge in [-0.3, -0.25) is 0 Å². The Bertz CT molecular complexity index is 124. The molecule has 1 rings (SSSR count). The molecule has 1 saturated carbocycles. The summed E-state index contributed by atoms with van der Waals surface area (Å²) in [5.74, 6) is 0. The van der Waals surface area contributed by atoms with E-state index in [2.05, 4.69) is 5.32 Å². The fraction of sp³-hybridized carbons (Fsp3) is 1.00. The van der Waals surface area contributed by atoms with Crippen molar-refractivity contribution in [3.63, 3.8) is 0 Å². The molecule has 0 spiro atoms. The van der Waals surface area contributed by atoms with Crippen LogP contribution in [-0.4, -0.2) is 33.4 Å². The lowest BCUT2D eigenvalue weighted by atomic mass is 10.0. The highest BCUT2D eigenvalue weighted by molar-refractivity contribution is 4.94. The molecule has 3 nitrogen and oxygen atoms in total. The van der Waals surface area contributed by atoms with Crippen LogP contribution < -0.4 is 11.1 Å². The standard InChI is InChI=1S/C9H20N2O/c1-12-7-4-9(2-3-9)8-11-6-5-10/h11H,2-8,10H2,1H3. The zero-order valence-corrected chi connectivity index (χ0v) is 7.94. The van der Waals surface area contributed by atoms with E-state index in [-0.39, 0.29) is 0 Å². The van der Waals surface area contributed by atoms with Crippen LogP contribution in [0.15, 0.2) is 0 Å². The maximum absolute atomic E-state index is 5.39. The van der Waals surface area contributed by atoms with Gasteiger partial charge in [-0.05, 0) is 24.7 Å². The van der Waals surface area contributed by atoms with Gasteiger partial charge in [0.25, 0.3) is 0 Å². The summed E-state index contributed by atoms with van der Waals surface area (Å²) >= 11 is 0. The van der Waals surface area contributed by atoms with E-state index < -0.39 is 0 Å². The molecule has 1 fully saturated rings. The van der Waals surface area contributed by atoms with Gasteiger partial charge in [0.05, 0.1) is 0 Å². The summed E-state index contributed by atoms with van der Waals surface area (Å²) in [5.41, 5.74) is 5.95. The smallest absolute Gasteiger partial charge is 0.0468 e. The molecule has 0 unspecified atom stereocenters. The predicted molar refractivity (Wildman–Crippen MR) is 50.1 cm³/mol. The highest BCUT2D eigenvalue weighted by Crippen LogP contribution is 2.47. The van der Waals surface area contributed by atoms with Crippen molar-refractivity contribution in [1.82, 2.24) is 5.32 Å². The van der Waals surface area contributed by atoms with Crippen LogP contribution >= 0.6 is 0 Å². The van der Waals surface area contributed by atoms with Crippen molar-refractivity contribution < 1.29 is 4.74 Å². The van der Waals surface area contributed by atoms with Crippen molar-refractivity contribution in [3.8, 4) is 0 Å². The zero-order valence-electron chi connectivity index (χ0n) is 7.94. The number of ether oxygens (including phenoxy) is 1. The van der Waals surface area contributed by atoms with Crippen molar-refractivity contribution in [1.29, 1.82) is 0 Å². The lowest BCUT2D eigenvalue weighted by molar-refractivity contribution is 0.171. The molecule has 1 aliphatic carbocycles. The van der Waals surface area contributed by atoms with E-state index in [0.717, 1.165) is 26.2 Å². The van der Waals surface area contributed by atoms with Crippen molar-refractivity contribution in [2.45, 2.75) is 19.3 Å². The van der Waals surface area contributed by atoms with E-state index in [1.165, 1.54) is 19.3 Å². The van der Waals surface area contributed by atoms with Gasteiger partial charge >= 0.3 is 0 Å². The van der Waals surface area contributed by atoms with Gasteiger partial charge in [0.1, 0.15) is 0 Å². The van der Waals surface area contributed by atoms with Crippen molar-refractivity contribution in [2.24, 2.45) is 11.1 Å². The van der Waals surface area contributed by atoms with Gasteiger partial charge in [-0.25, -0.2) is 0 Å². The molecule has 12 heavy (non-hydrogen) atoms. The molecule has 0 aromatic carbocycles. The Kier molecular flexibility index (Phi) is 3.98. The van der Waals surface area contributed by atoms with Gasteiger partial charge in [-0.1, -0.05) is 0 Å². The Balaban J connectivity index is 2.04. The summed E-state index contributed by atoms with van der Waals surface area (Å²) < 4.78 is 5.07. The van der Waals surface area contributed by atoms with Gasteiger partial charge in [0.2, 0.25) is 0 Å². The van der Waals surface area contributed by atoms with Crippen molar-refractivity contribution in [2.75, 3.05) is 33.4 Å². The average molecular weight is 172 g/mol. The molecule has 0 bridgehead atoms. The third-order valence-electron chi connectivity index (χ3n) is 2.61. The predicted octanol–water partition coefficient (Wildman–Crippen LogP) is 0.351. The van der Waals surface area contributed by atoms with E-state index in [9.17, 15) is 0 Å². The molecule has 0 aromatic heterocycles. The maximum Gasteiger partial charge on any atom is 0.0468 e. The maximum atomic E-state index is 5.39. The van der Waals surface area contributed by atoms with E-state index >= 15 is 0 Å². The summed E-state index contributed by atoms with van der Waals surface area (Å²) in [7, 11) is 1.77. The largest absolute Gasteiger partial charge is 0.385 e. The van der Waals surface area contributed by atoms with E-state index in [0.29, 0.717) is 5.41 Å². The Morgan fingerprint density at radius 1 is 1.50 bits per heavy atom. The number of hydrogen-bond acceptors (Lipinski definition) is 3. The second-order valence-corrected chi connectivity index (χ2v) is 3.71. The van der Waals surface area contributed by atoms with Gasteiger partial charge in [0.15, 0.2) is 0 Å². The number of methoxy groups -OCH3 is 1. The highest BCUT2D eigenvalue weighted by Gasteiger charge is 2.41. The van der Waals surface area contributed by atoms with E-state index in [4.69, 9.17) is 10.5 Å². The number of rotatable bonds is 7. The normalized spacial score (nSPS) is 19.5. The summed E-state index contributed by atoms with van der Waals surface area (Å²) in [4.78, 5) is 0. The van der Waals surface area contributed by atoms with Crippen LogP contribution in [0.2, 0.25) is 0 Å². The fourth-order valence-electron chi connectivity index (χ4n) is 1.47. The Labute approximate surface area is 74.7 Å². The summed E-state index contributed by atoms with van der Waals surface area (Å²) in [5, 5.41) is 3.37. The van der Waals surface area contributed by atoms with Gasteiger partial charge in [0, 0.05) is 33.4 Å². The fourth-order valence-corrected chi connectivity index (χ4v) is 1.47. The first-order chi connectivity index (χ1) is 5.83. The Morgan fingerprint density at radius 2 is 2.25 bits per heavy atom. The molecule has 0 amide bonds. The first-order valence-corrected chi connectivity index (χ1v) is 4.73. The monoisotopic (exact) mass is 172 g/mol. The van der Waals surface area contributed by atoms with Crippen LogP contribution in [0.25, 0.3) is 0 Å². The quantitative estimate of drug-likeness (QED) is 0.545. The second-order valence-electron chi connectivity index (χ2n) is 3.71. The first kappa shape index (κ1) is 9.96. The minimum Gasteiger partial charge on any atom is -0.385 e. The average Bonchev–Trinajstić information content (AvgIpc) is 2.83. The van der Waals surface area contributed by atoms with Gasteiger partial charge < -0.3 is 15.8 Å². The molecule has 3 N–H and O–H groups in total. The molecular weight excluding hydrogens is 152 g/mol. The minimum atomic E-state index is 0.561. The minimum absolute atomic E-state index is 0.561. The summed E-state index contributed by atoms with van der Waals surface area (Å²) in [6, 6.07) is 0. The lowest BCUT2D eigenvalue weighted by Crippen LogP contribution is -2.29. The van der Waals surface area contributed by atoms with Crippen LogP contribution in [0.3, 0.4) is 0 Å². The molecule has 0 saturated heterocycles. The number of nitrogens with one attached hydrogen (secondary N) is 1. The van der Waals surface area contributed by atoms with Crippen molar-refractivity contribution >= 4 is 0 Å². The topological polar surface area (TPSA) is 47.3 Å².